The molecule has 0 saturated carbocycles. The Hall–Kier alpha value is -1.12. The van der Waals surface area contributed by atoms with Crippen LogP contribution in [-0.4, -0.2) is 23.1 Å². The maximum atomic E-state index is 12.4. The van der Waals surface area contributed by atoms with E-state index in [0.29, 0.717) is 18.7 Å². The monoisotopic (exact) mass is 321 g/mol. The van der Waals surface area contributed by atoms with Gasteiger partial charge in [-0.05, 0) is 19.3 Å². The molecule has 1 aliphatic rings. The third-order valence-corrected chi connectivity index (χ3v) is 5.01. The molecule has 1 amide bonds. The summed E-state index contributed by atoms with van der Waals surface area (Å²) in [4.78, 5) is 26.4. The van der Waals surface area contributed by atoms with Gasteiger partial charge in [-0.15, -0.1) is 0 Å². The average molecular weight is 322 g/mol. The standard InChI is InChI=1S/C20H35NO2/c1-5-7-9-10-11-16(3)19(22)13-14-21-17(4)15-18(20(21)23)12-8-6-2/h16,18H,4-15H2,1-3H3. The van der Waals surface area contributed by atoms with E-state index in [9.17, 15) is 9.59 Å². The Morgan fingerprint density at radius 1 is 1.22 bits per heavy atom. The van der Waals surface area contributed by atoms with Crippen molar-refractivity contribution < 1.29 is 9.59 Å². The molecule has 0 aromatic rings. The Kier molecular flexibility index (Phi) is 9.20. The molecule has 1 fully saturated rings. The molecule has 1 aliphatic heterocycles. The highest BCUT2D eigenvalue weighted by atomic mass is 16.2. The molecule has 0 radical (unpaired) electrons. The molecular formula is C20H35NO2. The van der Waals surface area contributed by atoms with Crippen LogP contribution in [0.5, 0.6) is 0 Å². The summed E-state index contributed by atoms with van der Waals surface area (Å²) in [6, 6.07) is 0. The van der Waals surface area contributed by atoms with E-state index in [-0.39, 0.29) is 17.7 Å². The first-order valence-electron chi connectivity index (χ1n) is 9.53. The maximum Gasteiger partial charge on any atom is 0.230 e. The van der Waals surface area contributed by atoms with Crippen molar-refractivity contribution >= 4 is 11.7 Å². The van der Waals surface area contributed by atoms with Crippen molar-refractivity contribution in [3.8, 4) is 0 Å². The highest BCUT2D eigenvalue weighted by molar-refractivity contribution is 5.85. The van der Waals surface area contributed by atoms with E-state index >= 15 is 0 Å². The van der Waals surface area contributed by atoms with Gasteiger partial charge in [-0.2, -0.15) is 0 Å². The highest BCUT2D eigenvalue weighted by Crippen LogP contribution is 2.30. The predicted octanol–water partition coefficient (Wildman–Crippen LogP) is 5.10. The molecule has 0 aliphatic carbocycles. The molecule has 1 rings (SSSR count). The number of rotatable bonds is 12. The van der Waals surface area contributed by atoms with Crippen LogP contribution in [0.25, 0.3) is 0 Å². The van der Waals surface area contributed by atoms with Crippen molar-refractivity contribution in [2.45, 2.75) is 85.0 Å². The van der Waals surface area contributed by atoms with Gasteiger partial charge in [-0.1, -0.05) is 65.9 Å². The van der Waals surface area contributed by atoms with E-state index < -0.39 is 0 Å². The van der Waals surface area contributed by atoms with Gasteiger partial charge in [0.15, 0.2) is 0 Å². The van der Waals surface area contributed by atoms with Crippen molar-refractivity contribution in [3.05, 3.63) is 12.3 Å². The molecule has 2 unspecified atom stereocenters. The first kappa shape index (κ1) is 19.9. The minimum Gasteiger partial charge on any atom is -0.316 e. The number of unbranched alkanes of at least 4 members (excludes halogenated alkanes) is 4. The van der Waals surface area contributed by atoms with Crippen molar-refractivity contribution in [2.24, 2.45) is 11.8 Å². The van der Waals surface area contributed by atoms with Crippen LogP contribution < -0.4 is 0 Å². The van der Waals surface area contributed by atoms with E-state index in [1.807, 2.05) is 6.92 Å². The normalized spacial score (nSPS) is 19.4. The lowest BCUT2D eigenvalue weighted by molar-refractivity contribution is -0.131. The van der Waals surface area contributed by atoms with Crippen LogP contribution in [0.2, 0.25) is 0 Å². The molecule has 0 aromatic heterocycles. The zero-order valence-corrected chi connectivity index (χ0v) is 15.4. The van der Waals surface area contributed by atoms with Crippen LogP contribution >= 0.6 is 0 Å². The number of amides is 1. The Bertz CT molecular complexity index is 402. The first-order chi connectivity index (χ1) is 11.0. The van der Waals surface area contributed by atoms with Crippen molar-refractivity contribution in [1.29, 1.82) is 0 Å². The molecule has 1 saturated heterocycles. The molecule has 132 valence electrons. The van der Waals surface area contributed by atoms with Crippen LogP contribution in [0, 0.1) is 11.8 Å². The molecule has 23 heavy (non-hydrogen) atoms. The topological polar surface area (TPSA) is 37.4 Å². The van der Waals surface area contributed by atoms with Gasteiger partial charge in [0.1, 0.15) is 5.78 Å². The van der Waals surface area contributed by atoms with E-state index in [1.54, 1.807) is 4.90 Å². The number of hydrogen-bond donors (Lipinski definition) is 0. The summed E-state index contributed by atoms with van der Waals surface area (Å²) in [5.74, 6) is 0.698. The van der Waals surface area contributed by atoms with E-state index in [0.717, 1.165) is 44.2 Å². The third-order valence-electron chi connectivity index (χ3n) is 5.01. The van der Waals surface area contributed by atoms with Crippen LogP contribution in [0.3, 0.4) is 0 Å². The number of carbonyl (C=O) groups excluding carboxylic acids is 2. The molecule has 2 atom stereocenters. The molecule has 3 nitrogen and oxygen atoms in total. The number of carbonyl (C=O) groups is 2. The summed E-state index contributed by atoms with van der Waals surface area (Å²) in [6.45, 7) is 10.9. The second-order valence-electron chi connectivity index (χ2n) is 7.07. The first-order valence-corrected chi connectivity index (χ1v) is 9.53. The smallest absolute Gasteiger partial charge is 0.230 e. The second kappa shape index (κ2) is 10.6. The van der Waals surface area contributed by atoms with Gasteiger partial charge in [0.05, 0.1) is 0 Å². The quantitative estimate of drug-likeness (QED) is 0.469. The van der Waals surface area contributed by atoms with Gasteiger partial charge in [-0.25, -0.2) is 0 Å². The summed E-state index contributed by atoms with van der Waals surface area (Å²) in [5.41, 5.74) is 0.902. The van der Waals surface area contributed by atoms with Gasteiger partial charge >= 0.3 is 0 Å². The Labute approximate surface area is 142 Å². The number of likely N-dealkylation sites (tertiary alicyclic amines) is 1. The van der Waals surface area contributed by atoms with Gasteiger partial charge < -0.3 is 4.90 Å². The van der Waals surface area contributed by atoms with E-state index in [1.165, 1.54) is 19.3 Å². The largest absolute Gasteiger partial charge is 0.316 e. The summed E-state index contributed by atoms with van der Waals surface area (Å²) in [7, 11) is 0. The lowest BCUT2D eigenvalue weighted by Crippen LogP contribution is -2.29. The van der Waals surface area contributed by atoms with Gasteiger partial charge in [0, 0.05) is 30.5 Å². The van der Waals surface area contributed by atoms with E-state index in [2.05, 4.69) is 20.4 Å². The maximum absolute atomic E-state index is 12.4. The van der Waals surface area contributed by atoms with Crippen LogP contribution in [-0.2, 0) is 9.59 Å². The number of hydrogen-bond acceptors (Lipinski definition) is 2. The zero-order valence-electron chi connectivity index (χ0n) is 15.4. The average Bonchev–Trinajstić information content (AvgIpc) is 2.81. The third kappa shape index (κ3) is 6.48. The predicted molar refractivity (Wildman–Crippen MR) is 96.0 cm³/mol. The minimum atomic E-state index is 0.101. The summed E-state index contributed by atoms with van der Waals surface area (Å²) in [6.07, 6.45) is 10.2. The summed E-state index contributed by atoms with van der Waals surface area (Å²) in [5, 5.41) is 0. The Morgan fingerprint density at radius 3 is 2.57 bits per heavy atom. The summed E-state index contributed by atoms with van der Waals surface area (Å²) >= 11 is 0. The van der Waals surface area contributed by atoms with E-state index in [4.69, 9.17) is 0 Å². The number of ketones is 1. The highest BCUT2D eigenvalue weighted by Gasteiger charge is 2.34. The summed E-state index contributed by atoms with van der Waals surface area (Å²) < 4.78 is 0. The lowest BCUT2D eigenvalue weighted by Gasteiger charge is -2.18. The Balaban J connectivity index is 2.34. The molecule has 0 spiro atoms. The molecular weight excluding hydrogens is 286 g/mol. The van der Waals surface area contributed by atoms with Crippen molar-refractivity contribution in [1.82, 2.24) is 4.90 Å². The number of nitrogens with zero attached hydrogens (tertiary/aromatic N) is 1. The van der Waals surface area contributed by atoms with Crippen LogP contribution in [0.15, 0.2) is 12.3 Å². The molecule has 0 aromatic carbocycles. The molecule has 0 N–H and O–H groups in total. The molecule has 0 bridgehead atoms. The Morgan fingerprint density at radius 2 is 1.91 bits per heavy atom. The van der Waals surface area contributed by atoms with Crippen molar-refractivity contribution in [3.63, 3.8) is 0 Å². The minimum absolute atomic E-state index is 0.101. The number of Topliss-reactive ketones (excluding diaryl/α,β-unsaturated/α-hetero) is 1. The van der Waals surface area contributed by atoms with Gasteiger partial charge in [-0.3, -0.25) is 9.59 Å². The fourth-order valence-electron chi connectivity index (χ4n) is 3.31. The fraction of sp³-hybridized carbons (Fsp3) is 0.800. The molecule has 3 heteroatoms. The second-order valence-corrected chi connectivity index (χ2v) is 7.07. The van der Waals surface area contributed by atoms with Crippen LogP contribution in [0.1, 0.15) is 85.0 Å². The lowest BCUT2D eigenvalue weighted by atomic mass is 9.96. The molecule has 1 heterocycles. The number of allylic oxidation sites excluding steroid dienone is 1. The van der Waals surface area contributed by atoms with Crippen LogP contribution in [0.4, 0.5) is 0 Å². The van der Waals surface area contributed by atoms with Crippen molar-refractivity contribution in [2.75, 3.05) is 6.54 Å². The SMILES string of the molecule is C=C1CC(CCCC)C(=O)N1CCC(=O)C(C)CCCCCC. The van der Waals surface area contributed by atoms with Gasteiger partial charge in [0.2, 0.25) is 5.91 Å². The van der Waals surface area contributed by atoms with Gasteiger partial charge in [0.25, 0.3) is 0 Å². The zero-order chi connectivity index (χ0) is 17.2. The fourth-order valence-corrected chi connectivity index (χ4v) is 3.31.